The van der Waals surface area contributed by atoms with Gasteiger partial charge in [-0.25, -0.2) is 0 Å². The van der Waals surface area contributed by atoms with E-state index in [0.29, 0.717) is 6.10 Å². The van der Waals surface area contributed by atoms with Crippen molar-refractivity contribution in [3.63, 3.8) is 0 Å². The van der Waals surface area contributed by atoms with Crippen LogP contribution in [0.15, 0.2) is 4.99 Å². The Morgan fingerprint density at radius 3 is 2.45 bits per heavy atom. The molecule has 2 saturated heterocycles. The van der Waals surface area contributed by atoms with Crippen LogP contribution in [0.25, 0.3) is 0 Å². The zero-order valence-corrected chi connectivity index (χ0v) is 16.7. The monoisotopic (exact) mass is 424 g/mol. The molecular formula is C16H33IN4O. The van der Waals surface area contributed by atoms with Gasteiger partial charge in [0.15, 0.2) is 5.96 Å². The molecule has 5 nitrogen and oxygen atoms in total. The Labute approximate surface area is 152 Å². The van der Waals surface area contributed by atoms with Crippen molar-refractivity contribution < 1.29 is 4.74 Å². The molecule has 1 N–H and O–H groups in total. The van der Waals surface area contributed by atoms with E-state index in [1.165, 1.54) is 19.5 Å². The van der Waals surface area contributed by atoms with Crippen molar-refractivity contribution in [1.82, 2.24) is 15.1 Å². The molecule has 130 valence electrons. The van der Waals surface area contributed by atoms with Crippen molar-refractivity contribution in [3.8, 4) is 0 Å². The van der Waals surface area contributed by atoms with Gasteiger partial charge in [0.1, 0.15) is 0 Å². The molecule has 2 heterocycles. The predicted molar refractivity (Wildman–Crippen MR) is 103 cm³/mol. The van der Waals surface area contributed by atoms with E-state index in [1.54, 1.807) is 0 Å². The smallest absolute Gasteiger partial charge is 0.193 e. The van der Waals surface area contributed by atoms with Crippen LogP contribution in [0.1, 0.15) is 33.1 Å². The summed E-state index contributed by atoms with van der Waals surface area (Å²) in [5.74, 6) is 1.83. The number of hydrogen-bond acceptors (Lipinski definition) is 3. The van der Waals surface area contributed by atoms with Crippen LogP contribution in [0.3, 0.4) is 0 Å². The topological polar surface area (TPSA) is 40.1 Å². The lowest BCUT2D eigenvalue weighted by molar-refractivity contribution is 0.0263. The number of halogens is 1. The van der Waals surface area contributed by atoms with Gasteiger partial charge in [-0.1, -0.05) is 0 Å². The largest absolute Gasteiger partial charge is 0.378 e. The van der Waals surface area contributed by atoms with Crippen molar-refractivity contribution in [3.05, 3.63) is 0 Å². The number of likely N-dealkylation sites (tertiary alicyclic amines) is 2. The van der Waals surface area contributed by atoms with Crippen LogP contribution in [-0.2, 0) is 4.74 Å². The highest BCUT2D eigenvalue weighted by molar-refractivity contribution is 14.0. The average Bonchev–Trinajstić information content (AvgIpc) is 2.90. The fraction of sp³-hybridized carbons (Fsp3) is 0.938. The molecule has 0 radical (unpaired) electrons. The van der Waals surface area contributed by atoms with Crippen molar-refractivity contribution in [1.29, 1.82) is 0 Å². The number of guanidine groups is 1. The molecule has 0 bridgehead atoms. The highest BCUT2D eigenvalue weighted by Gasteiger charge is 2.23. The fourth-order valence-corrected chi connectivity index (χ4v) is 3.29. The van der Waals surface area contributed by atoms with Crippen LogP contribution >= 0.6 is 24.0 Å². The summed E-state index contributed by atoms with van der Waals surface area (Å²) in [6.07, 6.45) is 3.96. The third-order valence-electron chi connectivity index (χ3n) is 4.47. The first-order valence-corrected chi connectivity index (χ1v) is 8.56. The molecule has 0 amide bonds. The lowest BCUT2D eigenvalue weighted by Crippen LogP contribution is -2.47. The number of nitrogens with one attached hydrogen (secondary N) is 1. The van der Waals surface area contributed by atoms with Crippen molar-refractivity contribution in [2.24, 2.45) is 10.9 Å². The molecule has 2 rings (SSSR count). The quantitative estimate of drug-likeness (QED) is 0.417. The van der Waals surface area contributed by atoms with Gasteiger partial charge in [-0.05, 0) is 52.6 Å². The number of piperidine rings is 1. The molecule has 6 heteroatoms. The van der Waals surface area contributed by atoms with Crippen LogP contribution in [0, 0.1) is 5.92 Å². The highest BCUT2D eigenvalue weighted by atomic mass is 127. The first-order valence-electron chi connectivity index (χ1n) is 8.56. The van der Waals surface area contributed by atoms with Crippen LogP contribution in [0.4, 0.5) is 0 Å². The second-order valence-electron chi connectivity index (χ2n) is 6.25. The fourth-order valence-electron chi connectivity index (χ4n) is 3.29. The Hall–Kier alpha value is -0.0800. The summed E-state index contributed by atoms with van der Waals surface area (Å²) in [4.78, 5) is 9.69. The van der Waals surface area contributed by atoms with Crippen LogP contribution in [-0.4, -0.2) is 74.8 Å². The predicted octanol–water partition coefficient (Wildman–Crippen LogP) is 2.02. The second kappa shape index (κ2) is 10.6. The summed E-state index contributed by atoms with van der Waals surface area (Å²) in [5.41, 5.74) is 0. The third kappa shape index (κ3) is 6.20. The van der Waals surface area contributed by atoms with E-state index in [2.05, 4.69) is 36.0 Å². The van der Waals surface area contributed by atoms with Crippen molar-refractivity contribution in [2.75, 3.05) is 52.9 Å². The summed E-state index contributed by atoms with van der Waals surface area (Å²) in [6.45, 7) is 11.5. The van der Waals surface area contributed by atoms with E-state index in [1.807, 2.05) is 0 Å². The average molecular weight is 424 g/mol. The minimum Gasteiger partial charge on any atom is -0.378 e. The van der Waals surface area contributed by atoms with E-state index < -0.39 is 0 Å². The van der Waals surface area contributed by atoms with Crippen molar-refractivity contribution >= 4 is 29.9 Å². The maximum Gasteiger partial charge on any atom is 0.193 e. The summed E-state index contributed by atoms with van der Waals surface area (Å²) < 4.78 is 5.73. The van der Waals surface area contributed by atoms with E-state index in [9.17, 15) is 0 Å². The van der Waals surface area contributed by atoms with Gasteiger partial charge in [-0.2, -0.15) is 0 Å². The second-order valence-corrected chi connectivity index (χ2v) is 6.25. The van der Waals surface area contributed by atoms with Gasteiger partial charge in [0.05, 0.1) is 6.10 Å². The van der Waals surface area contributed by atoms with E-state index in [4.69, 9.17) is 9.73 Å². The molecule has 2 fully saturated rings. The summed E-state index contributed by atoms with van der Waals surface area (Å²) in [7, 11) is 2.20. The molecule has 22 heavy (non-hydrogen) atoms. The number of nitrogens with zero attached hydrogens (tertiary/aromatic N) is 3. The van der Waals surface area contributed by atoms with Crippen LogP contribution < -0.4 is 5.32 Å². The zero-order chi connectivity index (χ0) is 15.1. The Morgan fingerprint density at radius 1 is 1.18 bits per heavy atom. The molecule has 0 aromatic heterocycles. The van der Waals surface area contributed by atoms with Gasteiger partial charge in [0.2, 0.25) is 0 Å². The van der Waals surface area contributed by atoms with Gasteiger partial charge in [-0.15, -0.1) is 24.0 Å². The Kier molecular flexibility index (Phi) is 9.66. The number of rotatable bonds is 5. The molecule has 2 aliphatic rings. The van der Waals surface area contributed by atoms with Gasteiger partial charge in [0.25, 0.3) is 0 Å². The van der Waals surface area contributed by atoms with E-state index in [-0.39, 0.29) is 24.0 Å². The molecule has 0 spiro atoms. The summed E-state index contributed by atoms with van der Waals surface area (Å²) in [5, 5.41) is 3.46. The molecule has 0 aromatic rings. The van der Waals surface area contributed by atoms with Gasteiger partial charge >= 0.3 is 0 Å². The SMILES string of the molecule is CCNC(=NCC1CCN(C)C1)N1CCC(OCC)CC1.I. The molecule has 2 aliphatic heterocycles. The molecule has 0 saturated carbocycles. The first-order chi connectivity index (χ1) is 10.2. The standard InChI is InChI=1S/C16H32N4O.HI/c1-4-17-16(18-12-14-6-9-19(3)13-14)20-10-7-15(8-11-20)21-5-2;/h14-15H,4-13H2,1-3H3,(H,17,18);1H. The van der Waals surface area contributed by atoms with Gasteiger partial charge in [-0.3, -0.25) is 4.99 Å². The molecular weight excluding hydrogens is 391 g/mol. The number of hydrogen-bond donors (Lipinski definition) is 1. The van der Waals surface area contributed by atoms with Crippen LogP contribution in [0.5, 0.6) is 0 Å². The molecule has 1 unspecified atom stereocenters. The normalized spacial score (nSPS) is 24.4. The number of ether oxygens (including phenoxy) is 1. The maximum atomic E-state index is 5.73. The first kappa shape index (κ1) is 20.0. The zero-order valence-electron chi connectivity index (χ0n) is 14.4. The highest BCUT2D eigenvalue weighted by Crippen LogP contribution is 2.16. The lowest BCUT2D eigenvalue weighted by atomic mass is 10.1. The molecule has 0 aromatic carbocycles. The molecule has 0 aliphatic carbocycles. The van der Waals surface area contributed by atoms with Crippen molar-refractivity contribution in [2.45, 2.75) is 39.2 Å². The minimum atomic E-state index is 0. The summed E-state index contributed by atoms with van der Waals surface area (Å²) in [6, 6.07) is 0. The Balaban J connectivity index is 0.00000242. The maximum absolute atomic E-state index is 5.73. The summed E-state index contributed by atoms with van der Waals surface area (Å²) >= 11 is 0. The molecule has 1 atom stereocenters. The lowest BCUT2D eigenvalue weighted by Gasteiger charge is -2.34. The Morgan fingerprint density at radius 2 is 1.91 bits per heavy atom. The Bertz CT molecular complexity index is 332. The van der Waals surface area contributed by atoms with E-state index in [0.717, 1.165) is 57.5 Å². The van der Waals surface area contributed by atoms with Gasteiger partial charge < -0.3 is 19.9 Å². The van der Waals surface area contributed by atoms with Gasteiger partial charge in [0, 0.05) is 39.3 Å². The third-order valence-corrected chi connectivity index (χ3v) is 4.47. The van der Waals surface area contributed by atoms with E-state index >= 15 is 0 Å². The number of aliphatic imine (C=N–C) groups is 1. The van der Waals surface area contributed by atoms with Crippen LogP contribution in [0.2, 0.25) is 0 Å². The minimum absolute atomic E-state index is 0.